The van der Waals surface area contributed by atoms with Crippen LogP contribution in [0, 0.1) is 0 Å². The van der Waals surface area contributed by atoms with Crippen molar-refractivity contribution in [2.45, 2.75) is 25.2 Å². The van der Waals surface area contributed by atoms with Crippen LogP contribution in [0.15, 0.2) is 42.2 Å². The van der Waals surface area contributed by atoms with Crippen molar-refractivity contribution in [3.63, 3.8) is 0 Å². The molecule has 0 aromatic carbocycles. The first-order valence-electron chi connectivity index (χ1n) is 8.31. The number of carbonyl (C=O) groups excluding carboxylic acids is 1. The maximum atomic E-state index is 12.8. The van der Waals surface area contributed by atoms with Gasteiger partial charge in [-0.05, 0) is 31.0 Å². The van der Waals surface area contributed by atoms with Gasteiger partial charge in [0.25, 0.3) is 5.91 Å². The summed E-state index contributed by atoms with van der Waals surface area (Å²) in [6.45, 7) is 3.71. The molecular weight excluding hydrogens is 334 g/mol. The highest BCUT2D eigenvalue weighted by molar-refractivity contribution is 7.09. The Kier molecular flexibility index (Phi) is 4.09. The third-order valence-corrected chi connectivity index (χ3v) is 5.95. The maximum Gasteiger partial charge on any atom is 0.271 e. The van der Waals surface area contributed by atoms with E-state index in [-0.39, 0.29) is 11.3 Å². The molecule has 1 aliphatic heterocycles. The van der Waals surface area contributed by atoms with Crippen molar-refractivity contribution in [1.29, 1.82) is 0 Å². The molecule has 0 aliphatic carbocycles. The van der Waals surface area contributed by atoms with Crippen LogP contribution >= 0.6 is 11.3 Å². The summed E-state index contributed by atoms with van der Waals surface area (Å²) in [7, 11) is 0. The molecule has 3 aromatic rings. The van der Waals surface area contributed by atoms with Gasteiger partial charge >= 0.3 is 0 Å². The van der Waals surface area contributed by atoms with E-state index in [1.54, 1.807) is 29.8 Å². The number of H-pyrrole nitrogens is 1. The van der Waals surface area contributed by atoms with Crippen LogP contribution in [-0.4, -0.2) is 44.1 Å². The normalized spacial score (nSPS) is 16.8. The van der Waals surface area contributed by atoms with Gasteiger partial charge in [-0.2, -0.15) is 5.10 Å². The van der Waals surface area contributed by atoms with E-state index in [0.29, 0.717) is 5.69 Å². The lowest BCUT2D eigenvalue weighted by molar-refractivity contribution is 0.0670. The number of carbonyl (C=O) groups is 1. The van der Waals surface area contributed by atoms with Gasteiger partial charge in [0.1, 0.15) is 5.69 Å². The molecule has 3 aromatic heterocycles. The van der Waals surface area contributed by atoms with Crippen LogP contribution in [-0.2, 0) is 5.41 Å². The first-order valence-corrected chi connectivity index (χ1v) is 9.19. The summed E-state index contributed by atoms with van der Waals surface area (Å²) in [5.41, 5.74) is 2.23. The number of nitrogens with zero attached hydrogens (tertiary/aromatic N) is 4. The van der Waals surface area contributed by atoms with Gasteiger partial charge in [0.2, 0.25) is 0 Å². The average molecular weight is 353 g/mol. The molecule has 1 fully saturated rings. The molecule has 1 N–H and O–H groups in total. The minimum absolute atomic E-state index is 0.00355. The van der Waals surface area contributed by atoms with Crippen LogP contribution < -0.4 is 0 Å². The number of aromatic nitrogens is 4. The van der Waals surface area contributed by atoms with Crippen molar-refractivity contribution >= 4 is 17.2 Å². The predicted molar refractivity (Wildman–Crippen MR) is 96.4 cm³/mol. The maximum absolute atomic E-state index is 12.8. The number of nitrogens with one attached hydrogen (secondary N) is 1. The fourth-order valence-electron chi connectivity index (χ4n) is 3.20. The first-order chi connectivity index (χ1) is 12.2. The van der Waals surface area contributed by atoms with Gasteiger partial charge in [0.15, 0.2) is 0 Å². The van der Waals surface area contributed by atoms with Gasteiger partial charge in [-0.3, -0.25) is 14.9 Å². The van der Waals surface area contributed by atoms with E-state index in [1.165, 1.54) is 5.01 Å². The molecule has 0 bridgehead atoms. The highest BCUT2D eigenvalue weighted by atomic mass is 32.1. The smallest absolute Gasteiger partial charge is 0.271 e. The molecule has 1 saturated heterocycles. The third-order valence-electron chi connectivity index (χ3n) is 4.87. The van der Waals surface area contributed by atoms with Gasteiger partial charge < -0.3 is 4.90 Å². The van der Waals surface area contributed by atoms with Crippen LogP contribution in [0.4, 0.5) is 0 Å². The second-order valence-electron chi connectivity index (χ2n) is 6.60. The van der Waals surface area contributed by atoms with Crippen LogP contribution in [0.3, 0.4) is 0 Å². The van der Waals surface area contributed by atoms with E-state index in [4.69, 9.17) is 0 Å². The molecule has 128 valence electrons. The lowest BCUT2D eigenvalue weighted by Crippen LogP contribution is -2.44. The van der Waals surface area contributed by atoms with Crippen LogP contribution in [0.1, 0.15) is 35.3 Å². The number of likely N-dealkylation sites (tertiary alicyclic amines) is 1. The Morgan fingerprint density at radius 1 is 1.32 bits per heavy atom. The summed E-state index contributed by atoms with van der Waals surface area (Å²) < 4.78 is 0. The summed E-state index contributed by atoms with van der Waals surface area (Å²) in [6.07, 6.45) is 7.17. The minimum atomic E-state index is 0.00355. The monoisotopic (exact) mass is 353 g/mol. The molecule has 0 saturated carbocycles. The molecule has 0 unspecified atom stereocenters. The second-order valence-corrected chi connectivity index (χ2v) is 7.49. The van der Waals surface area contributed by atoms with Crippen molar-refractivity contribution in [1.82, 2.24) is 25.1 Å². The summed E-state index contributed by atoms with van der Waals surface area (Å²) in [5.74, 6) is 0.00355. The molecule has 6 nitrogen and oxygen atoms in total. The van der Waals surface area contributed by atoms with Crippen LogP contribution in [0.25, 0.3) is 11.3 Å². The van der Waals surface area contributed by atoms with Crippen molar-refractivity contribution in [2.75, 3.05) is 13.1 Å². The molecule has 1 amide bonds. The number of rotatable bonds is 3. The van der Waals surface area contributed by atoms with Gasteiger partial charge in [0, 0.05) is 48.0 Å². The van der Waals surface area contributed by atoms with Crippen molar-refractivity contribution < 1.29 is 4.79 Å². The Labute approximate surface area is 149 Å². The predicted octanol–water partition coefficient (Wildman–Crippen LogP) is 3.12. The van der Waals surface area contributed by atoms with Crippen LogP contribution in [0.2, 0.25) is 0 Å². The van der Waals surface area contributed by atoms with E-state index < -0.39 is 0 Å². The molecular formula is C18H19N5OS. The standard InChI is InChI=1S/C18H19N5OS/c1-18(17-20-7-10-25-17)4-8-23(9-5-18)16(24)15-11-14(21-22-15)13-3-2-6-19-12-13/h2-3,6-7,10-12H,4-5,8-9H2,1H3,(H,21,22). The zero-order valence-corrected chi connectivity index (χ0v) is 14.8. The highest BCUT2D eigenvalue weighted by Gasteiger charge is 2.35. The molecule has 4 heterocycles. The zero-order valence-electron chi connectivity index (χ0n) is 14.0. The number of hydrogen-bond acceptors (Lipinski definition) is 5. The number of piperidine rings is 1. The molecule has 0 spiro atoms. The SMILES string of the molecule is CC1(c2nccs2)CCN(C(=O)c2cc(-c3cccnc3)n[nH]2)CC1. The van der Waals surface area contributed by atoms with E-state index in [0.717, 1.165) is 37.2 Å². The summed E-state index contributed by atoms with van der Waals surface area (Å²) in [6, 6.07) is 5.58. The van der Waals surface area contributed by atoms with E-state index in [2.05, 4.69) is 27.1 Å². The number of amides is 1. The van der Waals surface area contributed by atoms with Gasteiger partial charge in [-0.15, -0.1) is 11.3 Å². The first kappa shape index (κ1) is 16.0. The highest BCUT2D eigenvalue weighted by Crippen LogP contribution is 2.36. The Morgan fingerprint density at radius 2 is 2.16 bits per heavy atom. The molecule has 1 aliphatic rings. The van der Waals surface area contributed by atoms with E-state index in [9.17, 15) is 4.79 Å². The number of thiazole rings is 1. The van der Waals surface area contributed by atoms with E-state index >= 15 is 0 Å². The number of hydrogen-bond donors (Lipinski definition) is 1. The lowest BCUT2D eigenvalue weighted by atomic mass is 9.81. The topological polar surface area (TPSA) is 74.8 Å². The Bertz CT molecular complexity index is 851. The van der Waals surface area contributed by atoms with E-state index in [1.807, 2.05) is 28.6 Å². The molecule has 0 radical (unpaired) electrons. The van der Waals surface area contributed by atoms with Crippen molar-refractivity contribution in [2.24, 2.45) is 0 Å². The van der Waals surface area contributed by atoms with Crippen molar-refractivity contribution in [3.8, 4) is 11.3 Å². The van der Waals surface area contributed by atoms with Gasteiger partial charge in [-0.25, -0.2) is 4.98 Å². The minimum Gasteiger partial charge on any atom is -0.337 e. The van der Waals surface area contributed by atoms with Crippen LogP contribution in [0.5, 0.6) is 0 Å². The largest absolute Gasteiger partial charge is 0.337 e. The molecule has 0 atom stereocenters. The number of pyridine rings is 1. The molecule has 4 rings (SSSR count). The summed E-state index contributed by atoms with van der Waals surface area (Å²) in [5, 5.41) is 10.3. The fraction of sp³-hybridized carbons (Fsp3) is 0.333. The summed E-state index contributed by atoms with van der Waals surface area (Å²) >= 11 is 1.70. The van der Waals surface area contributed by atoms with Crippen molar-refractivity contribution in [3.05, 3.63) is 52.9 Å². The molecule has 25 heavy (non-hydrogen) atoms. The molecule has 7 heteroatoms. The Hall–Kier alpha value is -2.54. The Balaban J connectivity index is 1.45. The summed E-state index contributed by atoms with van der Waals surface area (Å²) in [4.78, 5) is 23.2. The average Bonchev–Trinajstić information content (AvgIpc) is 3.35. The second kappa shape index (κ2) is 6.40. The zero-order chi connectivity index (χ0) is 17.3. The lowest BCUT2D eigenvalue weighted by Gasteiger charge is -2.37. The fourth-order valence-corrected chi connectivity index (χ4v) is 4.06. The third kappa shape index (κ3) is 3.07. The van der Waals surface area contributed by atoms with Gasteiger partial charge in [-0.1, -0.05) is 6.92 Å². The number of aromatic amines is 1. The van der Waals surface area contributed by atoms with Gasteiger partial charge in [0.05, 0.1) is 10.7 Å². The quantitative estimate of drug-likeness (QED) is 0.785. The Morgan fingerprint density at radius 3 is 2.84 bits per heavy atom.